The number of nitrogens with one attached hydrogen (secondary N) is 1. The lowest BCUT2D eigenvalue weighted by molar-refractivity contribution is -0.121. The molecule has 3 N–H and O–H groups in total. The molecule has 2 aromatic rings. The number of aryl methyl sites for hydroxylation is 1. The first-order valence-corrected chi connectivity index (χ1v) is 6.24. The summed E-state index contributed by atoms with van der Waals surface area (Å²) in [6.07, 6.45) is 1.41. The fourth-order valence-electron chi connectivity index (χ4n) is 1.65. The van der Waals surface area contributed by atoms with Gasteiger partial charge < -0.3 is 15.8 Å². The molecular formula is C13H17N5O2. The predicted octanol–water partition coefficient (Wildman–Crippen LogP) is 0.364. The molecule has 7 heteroatoms. The third kappa shape index (κ3) is 4.27. The van der Waals surface area contributed by atoms with Crippen molar-refractivity contribution in [3.05, 3.63) is 36.2 Å². The number of amides is 1. The van der Waals surface area contributed by atoms with Crippen LogP contribution in [0, 0.1) is 6.92 Å². The monoisotopic (exact) mass is 275 g/mol. The van der Waals surface area contributed by atoms with Crippen LogP contribution < -0.4 is 15.8 Å². The molecule has 0 unspecified atom stereocenters. The highest BCUT2D eigenvalue weighted by atomic mass is 16.5. The Labute approximate surface area is 116 Å². The van der Waals surface area contributed by atoms with Crippen LogP contribution in [0.3, 0.4) is 0 Å². The van der Waals surface area contributed by atoms with Crippen LogP contribution in [0.2, 0.25) is 0 Å². The standard InChI is InChI=1S/C13H17N5O2/c1-10-3-2-4-11(7-10)20-6-5-15-12(19)8-18-9-16-13(14)17-18/h2-4,7,9H,5-6,8H2,1H3,(H2,14,17)(H,15,19). The van der Waals surface area contributed by atoms with Gasteiger partial charge in [-0.15, -0.1) is 5.10 Å². The minimum Gasteiger partial charge on any atom is -0.492 e. The van der Waals surface area contributed by atoms with E-state index < -0.39 is 0 Å². The van der Waals surface area contributed by atoms with Gasteiger partial charge in [-0.05, 0) is 24.6 Å². The summed E-state index contributed by atoms with van der Waals surface area (Å²) in [6.45, 7) is 2.93. The number of nitrogens with zero attached hydrogens (tertiary/aromatic N) is 3. The van der Waals surface area contributed by atoms with Gasteiger partial charge in [-0.1, -0.05) is 12.1 Å². The number of rotatable bonds is 6. The van der Waals surface area contributed by atoms with Gasteiger partial charge in [0.05, 0.1) is 6.54 Å². The first kappa shape index (κ1) is 13.9. The molecule has 0 fully saturated rings. The smallest absolute Gasteiger partial charge is 0.241 e. The molecule has 0 radical (unpaired) electrons. The average molecular weight is 275 g/mol. The van der Waals surface area contributed by atoms with E-state index in [-0.39, 0.29) is 18.4 Å². The van der Waals surface area contributed by atoms with Crippen LogP contribution in [0.15, 0.2) is 30.6 Å². The lowest BCUT2D eigenvalue weighted by atomic mass is 10.2. The molecule has 7 nitrogen and oxygen atoms in total. The number of nitrogen functional groups attached to an aromatic ring is 1. The molecule has 0 atom stereocenters. The second-order valence-corrected chi connectivity index (χ2v) is 4.32. The Kier molecular flexibility index (Phi) is 4.54. The second kappa shape index (κ2) is 6.55. The van der Waals surface area contributed by atoms with Crippen LogP contribution in [-0.4, -0.2) is 33.8 Å². The Balaban J connectivity index is 1.67. The van der Waals surface area contributed by atoms with E-state index in [2.05, 4.69) is 15.4 Å². The minimum absolute atomic E-state index is 0.0919. The molecule has 0 spiro atoms. The number of hydrogen-bond acceptors (Lipinski definition) is 5. The van der Waals surface area contributed by atoms with Crippen molar-refractivity contribution in [2.45, 2.75) is 13.5 Å². The molecule has 0 saturated heterocycles. The van der Waals surface area contributed by atoms with Gasteiger partial charge >= 0.3 is 0 Å². The number of carbonyl (C=O) groups excluding carboxylic acids is 1. The molecule has 0 saturated carbocycles. The minimum atomic E-state index is -0.164. The summed E-state index contributed by atoms with van der Waals surface area (Å²) in [4.78, 5) is 15.3. The van der Waals surface area contributed by atoms with Crippen molar-refractivity contribution in [1.82, 2.24) is 20.1 Å². The SMILES string of the molecule is Cc1cccc(OCCNC(=O)Cn2cnc(N)n2)c1. The van der Waals surface area contributed by atoms with Gasteiger partial charge in [-0.25, -0.2) is 9.67 Å². The van der Waals surface area contributed by atoms with E-state index in [0.717, 1.165) is 11.3 Å². The fourth-order valence-corrected chi connectivity index (χ4v) is 1.65. The van der Waals surface area contributed by atoms with Crippen LogP contribution in [0.5, 0.6) is 5.75 Å². The molecule has 2 rings (SSSR count). The summed E-state index contributed by atoms with van der Waals surface area (Å²) in [5, 5.41) is 6.56. The third-order valence-electron chi connectivity index (χ3n) is 2.54. The Bertz CT molecular complexity index is 582. The maximum absolute atomic E-state index is 11.6. The van der Waals surface area contributed by atoms with Crippen molar-refractivity contribution >= 4 is 11.9 Å². The Morgan fingerprint density at radius 1 is 1.50 bits per heavy atom. The molecular weight excluding hydrogens is 258 g/mol. The molecule has 1 aromatic heterocycles. The van der Waals surface area contributed by atoms with Crippen LogP contribution in [0.25, 0.3) is 0 Å². The largest absolute Gasteiger partial charge is 0.492 e. The highest BCUT2D eigenvalue weighted by molar-refractivity contribution is 5.75. The first-order chi connectivity index (χ1) is 9.63. The summed E-state index contributed by atoms with van der Waals surface area (Å²) in [7, 11) is 0. The van der Waals surface area contributed by atoms with Crippen molar-refractivity contribution in [3.63, 3.8) is 0 Å². The van der Waals surface area contributed by atoms with Crippen molar-refractivity contribution in [3.8, 4) is 5.75 Å². The molecule has 106 valence electrons. The van der Waals surface area contributed by atoms with Crippen molar-refractivity contribution in [2.24, 2.45) is 0 Å². The number of ether oxygens (including phenoxy) is 1. The molecule has 1 amide bonds. The van der Waals surface area contributed by atoms with Gasteiger partial charge in [0.15, 0.2) is 0 Å². The summed E-state index contributed by atoms with van der Waals surface area (Å²) < 4.78 is 6.90. The maximum atomic E-state index is 11.6. The van der Waals surface area contributed by atoms with E-state index in [0.29, 0.717) is 13.2 Å². The maximum Gasteiger partial charge on any atom is 0.241 e. The van der Waals surface area contributed by atoms with Gasteiger partial charge in [0.25, 0.3) is 0 Å². The molecule has 0 aliphatic heterocycles. The third-order valence-corrected chi connectivity index (χ3v) is 2.54. The van der Waals surface area contributed by atoms with Crippen molar-refractivity contribution < 1.29 is 9.53 Å². The van der Waals surface area contributed by atoms with Crippen molar-refractivity contribution in [1.29, 1.82) is 0 Å². The zero-order valence-corrected chi connectivity index (χ0v) is 11.2. The van der Waals surface area contributed by atoms with Crippen molar-refractivity contribution in [2.75, 3.05) is 18.9 Å². The number of nitrogens with two attached hydrogens (primary N) is 1. The zero-order chi connectivity index (χ0) is 14.4. The molecule has 1 heterocycles. The molecule has 0 bridgehead atoms. The summed E-state index contributed by atoms with van der Waals surface area (Å²) in [5.41, 5.74) is 6.49. The zero-order valence-electron chi connectivity index (χ0n) is 11.2. The average Bonchev–Trinajstić information content (AvgIpc) is 2.80. The van der Waals surface area contributed by atoms with Gasteiger partial charge in [-0.3, -0.25) is 4.79 Å². The van der Waals surface area contributed by atoms with Crippen LogP contribution in [-0.2, 0) is 11.3 Å². The second-order valence-electron chi connectivity index (χ2n) is 4.32. The Morgan fingerprint density at radius 2 is 2.35 bits per heavy atom. The topological polar surface area (TPSA) is 95.1 Å². The van der Waals surface area contributed by atoms with Crippen LogP contribution in [0.1, 0.15) is 5.56 Å². The van der Waals surface area contributed by atoms with Gasteiger partial charge in [-0.2, -0.15) is 0 Å². The fraction of sp³-hybridized carbons (Fsp3) is 0.308. The molecule has 0 aliphatic rings. The molecule has 20 heavy (non-hydrogen) atoms. The number of hydrogen-bond donors (Lipinski definition) is 2. The Hall–Kier alpha value is -2.57. The van der Waals surface area contributed by atoms with E-state index in [1.54, 1.807) is 0 Å². The van der Waals surface area contributed by atoms with E-state index in [4.69, 9.17) is 10.5 Å². The number of anilines is 1. The predicted molar refractivity (Wildman–Crippen MR) is 74.1 cm³/mol. The summed E-state index contributed by atoms with van der Waals surface area (Å²) in [5.74, 6) is 0.784. The number of benzene rings is 1. The number of aromatic nitrogens is 3. The van der Waals surface area contributed by atoms with Crippen LogP contribution >= 0.6 is 0 Å². The highest BCUT2D eigenvalue weighted by Gasteiger charge is 2.04. The quantitative estimate of drug-likeness (QED) is 0.742. The highest BCUT2D eigenvalue weighted by Crippen LogP contribution is 2.11. The Morgan fingerprint density at radius 3 is 3.05 bits per heavy atom. The summed E-state index contributed by atoms with van der Waals surface area (Å²) in [6, 6.07) is 7.75. The van der Waals surface area contributed by atoms with Gasteiger partial charge in [0.1, 0.15) is 25.2 Å². The van der Waals surface area contributed by atoms with E-state index in [1.165, 1.54) is 11.0 Å². The number of carbonyl (C=O) groups is 1. The van der Waals surface area contributed by atoms with Gasteiger partial charge in [0, 0.05) is 0 Å². The van der Waals surface area contributed by atoms with Crippen LogP contribution in [0.4, 0.5) is 5.95 Å². The lowest BCUT2D eigenvalue weighted by Gasteiger charge is -2.08. The normalized spacial score (nSPS) is 10.2. The summed E-state index contributed by atoms with van der Waals surface area (Å²) >= 11 is 0. The van der Waals surface area contributed by atoms with Gasteiger partial charge in [0.2, 0.25) is 11.9 Å². The molecule has 1 aromatic carbocycles. The first-order valence-electron chi connectivity index (χ1n) is 6.24. The van der Waals surface area contributed by atoms with E-state index in [1.807, 2.05) is 31.2 Å². The van der Waals surface area contributed by atoms with E-state index in [9.17, 15) is 4.79 Å². The molecule has 0 aliphatic carbocycles. The lowest BCUT2D eigenvalue weighted by Crippen LogP contribution is -2.31. The van der Waals surface area contributed by atoms with E-state index >= 15 is 0 Å².